The third-order valence-electron chi connectivity index (χ3n) is 8.37. The maximum Gasteiger partial charge on any atom is 0.313 e. The summed E-state index contributed by atoms with van der Waals surface area (Å²) in [5.74, 6) is -1.55. The van der Waals surface area contributed by atoms with E-state index in [1.165, 1.54) is 17.0 Å². The van der Waals surface area contributed by atoms with Gasteiger partial charge >= 0.3 is 5.97 Å². The van der Waals surface area contributed by atoms with Crippen LogP contribution in [0.2, 0.25) is 5.02 Å². The number of carbonyl (C=O) groups excluding carboxylic acids is 2. The molecule has 2 atom stereocenters. The highest BCUT2D eigenvalue weighted by Crippen LogP contribution is 2.42. The molecule has 12 heteroatoms. The molecule has 1 fully saturated rings. The lowest BCUT2D eigenvalue weighted by Crippen LogP contribution is -2.51. The summed E-state index contributed by atoms with van der Waals surface area (Å²) < 4.78 is 38.9. The highest BCUT2D eigenvalue weighted by Gasteiger charge is 2.47. The second kappa shape index (κ2) is 13.5. The summed E-state index contributed by atoms with van der Waals surface area (Å²) in [5.41, 5.74) is -1.06. The molecule has 1 N–H and O–H groups in total. The molecule has 3 aromatic rings. The summed E-state index contributed by atoms with van der Waals surface area (Å²) in [6.45, 7) is 16.1. The third-order valence-corrected chi connectivity index (χ3v) is 8.66. The van der Waals surface area contributed by atoms with Crippen LogP contribution in [0, 0.1) is 24.0 Å². The Balaban J connectivity index is 1.74. The van der Waals surface area contributed by atoms with E-state index < -0.39 is 34.5 Å². The van der Waals surface area contributed by atoms with Gasteiger partial charge in [-0.15, -0.1) is 0 Å². The standard InChI is InChI=1S/C35H47ClF2N6O3/c1-21-16-28(41-44(21)33(3,4)5)40-27-17-24(31(45)42(9)10)30(38)26(39-27)19-35(32(46)47-34(6,7)8)14-15-43(22(2)18-35)20-23-12-11-13-25(36)29(23)37/h11-13,16-17,22H,14-15,18-20H2,1-10H3,(H,39,40,41). The topological polar surface area (TPSA) is 92.6 Å². The number of nitrogens with one attached hydrogen (secondary N) is 1. The normalized spacial score (nSPS) is 19.0. The van der Waals surface area contributed by atoms with Crippen molar-refractivity contribution >= 4 is 35.1 Å². The van der Waals surface area contributed by atoms with Gasteiger partial charge in [0.2, 0.25) is 0 Å². The van der Waals surface area contributed by atoms with Crippen LogP contribution in [0.1, 0.15) is 88.6 Å². The lowest BCUT2D eigenvalue weighted by molar-refractivity contribution is -0.172. The van der Waals surface area contributed by atoms with Crippen molar-refractivity contribution in [3.8, 4) is 0 Å². The van der Waals surface area contributed by atoms with E-state index in [1.54, 1.807) is 47.0 Å². The minimum atomic E-state index is -1.16. The average molecular weight is 673 g/mol. The number of anilines is 2. The second-order valence-corrected chi connectivity index (χ2v) is 15.2. The van der Waals surface area contributed by atoms with E-state index in [1.807, 2.05) is 45.4 Å². The number of esters is 1. The molecule has 9 nitrogen and oxygen atoms in total. The molecule has 2 unspecified atom stereocenters. The molecule has 0 bridgehead atoms. The predicted molar refractivity (Wildman–Crippen MR) is 180 cm³/mol. The van der Waals surface area contributed by atoms with Gasteiger partial charge in [0.05, 0.1) is 27.2 Å². The number of ether oxygens (including phenoxy) is 1. The molecular weight excluding hydrogens is 626 g/mol. The maximum atomic E-state index is 16.3. The Morgan fingerprint density at radius 1 is 1.11 bits per heavy atom. The van der Waals surface area contributed by atoms with E-state index in [0.717, 1.165) is 5.69 Å². The quantitative estimate of drug-likeness (QED) is 0.252. The van der Waals surface area contributed by atoms with E-state index in [2.05, 4.69) is 20.3 Å². The number of amides is 1. The lowest BCUT2D eigenvalue weighted by Gasteiger charge is -2.45. The molecular formula is C35H47ClF2N6O3. The molecule has 3 heterocycles. The van der Waals surface area contributed by atoms with Crippen molar-refractivity contribution in [2.45, 2.75) is 98.4 Å². The Hall–Kier alpha value is -3.57. The number of hydrogen-bond acceptors (Lipinski definition) is 7. The van der Waals surface area contributed by atoms with Crippen molar-refractivity contribution in [2.24, 2.45) is 5.41 Å². The summed E-state index contributed by atoms with van der Waals surface area (Å²) in [6, 6.07) is 7.92. The van der Waals surface area contributed by atoms with Crippen LogP contribution in [-0.2, 0) is 28.0 Å². The van der Waals surface area contributed by atoms with Crippen LogP contribution in [0.3, 0.4) is 0 Å². The third kappa shape index (κ3) is 8.30. The van der Waals surface area contributed by atoms with Crippen molar-refractivity contribution in [1.29, 1.82) is 0 Å². The van der Waals surface area contributed by atoms with Crippen LogP contribution < -0.4 is 5.32 Å². The highest BCUT2D eigenvalue weighted by molar-refractivity contribution is 6.30. The zero-order chi connectivity index (χ0) is 35.1. The fourth-order valence-electron chi connectivity index (χ4n) is 6.13. The Morgan fingerprint density at radius 3 is 2.36 bits per heavy atom. The molecule has 0 radical (unpaired) electrons. The van der Waals surface area contributed by atoms with Crippen LogP contribution in [0.5, 0.6) is 0 Å². The first kappa shape index (κ1) is 36.3. The van der Waals surface area contributed by atoms with Crippen LogP contribution in [0.4, 0.5) is 20.4 Å². The van der Waals surface area contributed by atoms with Crippen LogP contribution in [0.25, 0.3) is 0 Å². The molecule has 1 saturated heterocycles. The Kier molecular flexibility index (Phi) is 10.4. The Labute approximate surface area is 281 Å². The number of aromatic nitrogens is 3. The molecule has 47 heavy (non-hydrogen) atoms. The number of benzene rings is 1. The van der Waals surface area contributed by atoms with Crippen molar-refractivity contribution in [3.05, 3.63) is 69.5 Å². The molecule has 1 aromatic carbocycles. The van der Waals surface area contributed by atoms with Gasteiger partial charge in [-0.05, 0) is 86.9 Å². The summed E-state index contributed by atoms with van der Waals surface area (Å²) >= 11 is 6.03. The molecule has 256 valence electrons. The van der Waals surface area contributed by atoms with Gasteiger partial charge in [-0.25, -0.2) is 13.8 Å². The SMILES string of the molecule is Cc1cc(Nc2cc(C(=O)N(C)C)c(F)c(CC3(C(=O)OC(C)(C)C)CCN(Cc4cccc(Cl)c4F)C(C)C3)n2)nn1C(C)(C)C. The summed E-state index contributed by atoms with van der Waals surface area (Å²) in [7, 11) is 3.09. The zero-order valence-corrected chi connectivity index (χ0v) is 29.9. The molecule has 1 aliphatic heterocycles. The number of nitrogens with zero attached hydrogens (tertiary/aromatic N) is 5. The van der Waals surface area contributed by atoms with Gasteiger partial charge < -0.3 is 15.0 Å². The molecule has 0 aliphatic carbocycles. The molecule has 0 saturated carbocycles. The number of piperidine rings is 1. The number of aryl methyl sites for hydroxylation is 1. The molecule has 4 rings (SSSR count). The summed E-state index contributed by atoms with van der Waals surface area (Å²) in [6.07, 6.45) is 0.504. The molecule has 1 amide bonds. The highest BCUT2D eigenvalue weighted by atomic mass is 35.5. The van der Waals surface area contributed by atoms with Gasteiger partial charge in [0, 0.05) is 50.4 Å². The molecule has 2 aromatic heterocycles. The number of rotatable bonds is 8. The number of pyridine rings is 1. The van der Waals surface area contributed by atoms with Crippen LogP contribution >= 0.6 is 11.6 Å². The van der Waals surface area contributed by atoms with Gasteiger partial charge in [-0.1, -0.05) is 23.7 Å². The van der Waals surface area contributed by atoms with E-state index >= 15 is 4.39 Å². The first-order valence-electron chi connectivity index (χ1n) is 15.9. The predicted octanol–water partition coefficient (Wildman–Crippen LogP) is 7.27. The Morgan fingerprint density at radius 2 is 1.79 bits per heavy atom. The molecule has 0 spiro atoms. The largest absolute Gasteiger partial charge is 0.460 e. The van der Waals surface area contributed by atoms with Gasteiger partial charge in [0.15, 0.2) is 11.6 Å². The van der Waals surface area contributed by atoms with Gasteiger partial charge in [0.25, 0.3) is 5.91 Å². The fraction of sp³-hybridized carbons (Fsp3) is 0.543. The van der Waals surface area contributed by atoms with Gasteiger partial charge in [-0.3, -0.25) is 19.2 Å². The second-order valence-electron chi connectivity index (χ2n) is 14.8. The van der Waals surface area contributed by atoms with Crippen molar-refractivity contribution in [1.82, 2.24) is 24.6 Å². The first-order chi connectivity index (χ1) is 21.7. The smallest absolute Gasteiger partial charge is 0.313 e. The first-order valence-corrected chi connectivity index (χ1v) is 16.2. The number of likely N-dealkylation sites (tertiary alicyclic amines) is 1. The number of hydrogen-bond donors (Lipinski definition) is 1. The molecule has 1 aliphatic rings. The minimum absolute atomic E-state index is 0.0282. The number of carbonyl (C=O) groups is 2. The van der Waals surface area contributed by atoms with Crippen molar-refractivity contribution in [3.63, 3.8) is 0 Å². The summed E-state index contributed by atoms with van der Waals surface area (Å²) in [5, 5.41) is 7.87. The van der Waals surface area contributed by atoms with E-state index in [9.17, 15) is 14.0 Å². The van der Waals surface area contributed by atoms with E-state index in [0.29, 0.717) is 37.3 Å². The van der Waals surface area contributed by atoms with E-state index in [-0.39, 0.29) is 40.1 Å². The summed E-state index contributed by atoms with van der Waals surface area (Å²) in [4.78, 5) is 35.2. The van der Waals surface area contributed by atoms with Gasteiger partial charge in [0.1, 0.15) is 17.2 Å². The van der Waals surface area contributed by atoms with E-state index in [4.69, 9.17) is 16.3 Å². The minimum Gasteiger partial charge on any atom is -0.460 e. The van der Waals surface area contributed by atoms with Crippen LogP contribution in [0.15, 0.2) is 30.3 Å². The lowest BCUT2D eigenvalue weighted by atomic mass is 9.71. The van der Waals surface area contributed by atoms with Crippen LogP contribution in [-0.4, -0.2) is 68.7 Å². The van der Waals surface area contributed by atoms with Crippen molar-refractivity contribution < 1.29 is 23.1 Å². The van der Waals surface area contributed by atoms with Crippen molar-refractivity contribution in [2.75, 3.05) is 26.0 Å². The monoisotopic (exact) mass is 672 g/mol. The maximum absolute atomic E-state index is 16.3. The van der Waals surface area contributed by atoms with Gasteiger partial charge in [-0.2, -0.15) is 5.10 Å². The fourth-order valence-corrected chi connectivity index (χ4v) is 6.32. The number of halogens is 3. The Bertz CT molecular complexity index is 1650. The zero-order valence-electron chi connectivity index (χ0n) is 29.1. The average Bonchev–Trinajstić information content (AvgIpc) is 3.33.